The summed E-state index contributed by atoms with van der Waals surface area (Å²) in [6, 6.07) is 3.49. The highest BCUT2D eigenvalue weighted by Gasteiger charge is 2.13. The van der Waals surface area contributed by atoms with Gasteiger partial charge in [0.25, 0.3) is 0 Å². The molecule has 1 rings (SSSR count). The molecule has 0 aromatic heterocycles. The number of methoxy groups -OCH3 is 2. The molecule has 0 fully saturated rings. The van der Waals surface area contributed by atoms with Crippen LogP contribution in [0.4, 0.5) is 4.39 Å². The summed E-state index contributed by atoms with van der Waals surface area (Å²) in [6.45, 7) is -0.226. The van der Waals surface area contributed by atoms with Crippen LogP contribution in [-0.4, -0.2) is 27.5 Å². The second kappa shape index (κ2) is 6.17. The average molecular weight is 229 g/mol. The Balaban J connectivity index is 3.09. The molecule has 2 N–H and O–H groups in total. The van der Waals surface area contributed by atoms with Crippen molar-refractivity contribution in [1.82, 2.24) is 0 Å². The predicted octanol–water partition coefficient (Wildman–Crippen LogP) is 1.51. The lowest BCUT2D eigenvalue weighted by molar-refractivity contribution is 0.247. The lowest BCUT2D eigenvalue weighted by Crippen LogP contribution is -2.04. The minimum atomic E-state index is -0.565. The molecule has 0 atom stereocenters. The van der Waals surface area contributed by atoms with E-state index < -0.39 is 6.67 Å². The number of benzene rings is 1. The molecule has 0 unspecified atom stereocenters. The molecule has 4 nitrogen and oxygen atoms in total. The Morgan fingerprint density at radius 2 is 1.75 bits per heavy atom. The molecule has 0 saturated heterocycles. The van der Waals surface area contributed by atoms with Crippen LogP contribution in [0.1, 0.15) is 5.56 Å². The van der Waals surface area contributed by atoms with Crippen molar-refractivity contribution in [2.24, 2.45) is 5.73 Å². The SMILES string of the molecule is COc1cc(CN)cc(OC)c1OCCF. The number of hydrogen-bond donors (Lipinski definition) is 1. The molecule has 0 bridgehead atoms. The van der Waals surface area contributed by atoms with Crippen molar-refractivity contribution < 1.29 is 18.6 Å². The van der Waals surface area contributed by atoms with Gasteiger partial charge in [0.05, 0.1) is 14.2 Å². The quantitative estimate of drug-likeness (QED) is 0.803. The van der Waals surface area contributed by atoms with Crippen LogP contribution in [-0.2, 0) is 6.54 Å². The first-order valence-electron chi connectivity index (χ1n) is 4.90. The first-order chi connectivity index (χ1) is 7.76. The number of alkyl halides is 1. The smallest absolute Gasteiger partial charge is 0.203 e. The van der Waals surface area contributed by atoms with Crippen LogP contribution in [0.5, 0.6) is 17.2 Å². The Labute approximate surface area is 94.1 Å². The summed E-state index contributed by atoms with van der Waals surface area (Å²) >= 11 is 0. The van der Waals surface area contributed by atoms with Gasteiger partial charge < -0.3 is 19.9 Å². The number of ether oxygens (including phenoxy) is 3. The van der Waals surface area contributed by atoms with E-state index in [9.17, 15) is 4.39 Å². The van der Waals surface area contributed by atoms with Crippen LogP contribution in [0.2, 0.25) is 0 Å². The standard InChI is InChI=1S/C11H16FNO3/c1-14-9-5-8(7-13)6-10(15-2)11(9)16-4-3-12/h5-6H,3-4,7,13H2,1-2H3. The van der Waals surface area contributed by atoms with Crippen LogP contribution in [0.25, 0.3) is 0 Å². The fraction of sp³-hybridized carbons (Fsp3) is 0.455. The molecule has 16 heavy (non-hydrogen) atoms. The molecule has 0 radical (unpaired) electrons. The molecular weight excluding hydrogens is 213 g/mol. The Hall–Kier alpha value is -1.49. The van der Waals surface area contributed by atoms with Gasteiger partial charge in [-0.05, 0) is 17.7 Å². The van der Waals surface area contributed by atoms with Gasteiger partial charge in [-0.1, -0.05) is 0 Å². The topological polar surface area (TPSA) is 53.7 Å². The first kappa shape index (κ1) is 12.6. The second-order valence-electron chi connectivity index (χ2n) is 3.07. The lowest BCUT2D eigenvalue weighted by Gasteiger charge is -2.14. The maximum Gasteiger partial charge on any atom is 0.203 e. The Morgan fingerprint density at radius 3 is 2.12 bits per heavy atom. The van der Waals surface area contributed by atoms with Crippen LogP contribution in [0.3, 0.4) is 0 Å². The van der Waals surface area contributed by atoms with Crippen molar-refractivity contribution in [3.63, 3.8) is 0 Å². The largest absolute Gasteiger partial charge is 0.493 e. The van der Waals surface area contributed by atoms with Gasteiger partial charge in [-0.2, -0.15) is 0 Å². The van der Waals surface area contributed by atoms with Gasteiger partial charge in [-0.3, -0.25) is 0 Å². The molecule has 0 aliphatic rings. The molecule has 0 heterocycles. The maximum atomic E-state index is 12.1. The summed E-state index contributed by atoms with van der Waals surface area (Å²) in [5.41, 5.74) is 6.40. The average Bonchev–Trinajstić information content (AvgIpc) is 2.35. The number of hydrogen-bond acceptors (Lipinski definition) is 4. The summed E-state index contributed by atoms with van der Waals surface area (Å²) < 4.78 is 27.6. The van der Waals surface area contributed by atoms with Gasteiger partial charge in [0, 0.05) is 6.54 Å². The molecule has 0 saturated carbocycles. The molecule has 1 aromatic rings. The molecule has 0 aliphatic carbocycles. The van der Waals surface area contributed by atoms with Gasteiger partial charge in [0.1, 0.15) is 13.3 Å². The van der Waals surface area contributed by atoms with E-state index in [1.54, 1.807) is 12.1 Å². The minimum absolute atomic E-state index is 0.0330. The molecule has 0 spiro atoms. The predicted molar refractivity (Wildman–Crippen MR) is 58.9 cm³/mol. The van der Waals surface area contributed by atoms with Gasteiger partial charge >= 0.3 is 0 Å². The second-order valence-corrected chi connectivity index (χ2v) is 3.07. The van der Waals surface area contributed by atoms with E-state index in [4.69, 9.17) is 19.9 Å². The van der Waals surface area contributed by atoms with E-state index in [1.807, 2.05) is 0 Å². The highest BCUT2D eigenvalue weighted by molar-refractivity contribution is 5.53. The highest BCUT2D eigenvalue weighted by atomic mass is 19.1. The third-order valence-electron chi connectivity index (χ3n) is 2.08. The zero-order valence-corrected chi connectivity index (χ0v) is 9.46. The van der Waals surface area contributed by atoms with E-state index in [0.717, 1.165) is 5.56 Å². The van der Waals surface area contributed by atoms with Gasteiger partial charge in [0.2, 0.25) is 5.75 Å². The Kier molecular flexibility index (Phi) is 4.85. The zero-order chi connectivity index (χ0) is 12.0. The van der Waals surface area contributed by atoms with Crippen LogP contribution >= 0.6 is 0 Å². The van der Waals surface area contributed by atoms with Crippen molar-refractivity contribution in [2.45, 2.75) is 6.54 Å². The summed E-state index contributed by atoms with van der Waals surface area (Å²) in [7, 11) is 3.02. The molecule has 1 aromatic carbocycles. The third-order valence-corrected chi connectivity index (χ3v) is 2.08. The molecule has 90 valence electrons. The van der Waals surface area contributed by atoms with E-state index in [1.165, 1.54) is 14.2 Å². The van der Waals surface area contributed by atoms with E-state index in [2.05, 4.69) is 0 Å². The molecule has 0 aliphatic heterocycles. The first-order valence-corrected chi connectivity index (χ1v) is 4.90. The van der Waals surface area contributed by atoms with Gasteiger partial charge in [0.15, 0.2) is 11.5 Å². The molecule has 5 heteroatoms. The Bertz CT molecular complexity index is 319. The number of rotatable bonds is 6. The van der Waals surface area contributed by atoms with Gasteiger partial charge in [-0.15, -0.1) is 0 Å². The normalized spacial score (nSPS) is 10.0. The van der Waals surface area contributed by atoms with Crippen LogP contribution < -0.4 is 19.9 Å². The zero-order valence-electron chi connectivity index (χ0n) is 9.46. The third kappa shape index (κ3) is 2.76. The molecular formula is C11H16FNO3. The maximum absolute atomic E-state index is 12.1. The summed E-state index contributed by atoms with van der Waals surface area (Å²) in [5.74, 6) is 1.39. The monoisotopic (exact) mass is 229 g/mol. The highest BCUT2D eigenvalue weighted by Crippen LogP contribution is 2.38. The summed E-state index contributed by atoms with van der Waals surface area (Å²) in [5, 5.41) is 0. The van der Waals surface area contributed by atoms with E-state index >= 15 is 0 Å². The number of nitrogens with two attached hydrogens (primary N) is 1. The Morgan fingerprint density at radius 1 is 1.19 bits per heavy atom. The van der Waals surface area contributed by atoms with Crippen molar-refractivity contribution in [3.05, 3.63) is 17.7 Å². The van der Waals surface area contributed by atoms with Crippen LogP contribution in [0.15, 0.2) is 12.1 Å². The lowest BCUT2D eigenvalue weighted by atomic mass is 10.2. The fourth-order valence-electron chi connectivity index (χ4n) is 1.33. The van der Waals surface area contributed by atoms with Gasteiger partial charge in [-0.25, -0.2) is 4.39 Å². The van der Waals surface area contributed by atoms with Crippen LogP contribution in [0, 0.1) is 0 Å². The number of halogens is 1. The van der Waals surface area contributed by atoms with Crippen molar-refractivity contribution in [1.29, 1.82) is 0 Å². The van der Waals surface area contributed by atoms with Crippen molar-refractivity contribution >= 4 is 0 Å². The summed E-state index contributed by atoms with van der Waals surface area (Å²) in [4.78, 5) is 0. The summed E-state index contributed by atoms with van der Waals surface area (Å²) in [6.07, 6.45) is 0. The van der Waals surface area contributed by atoms with E-state index in [-0.39, 0.29) is 6.61 Å². The van der Waals surface area contributed by atoms with Crippen molar-refractivity contribution in [3.8, 4) is 17.2 Å². The van der Waals surface area contributed by atoms with E-state index in [0.29, 0.717) is 23.8 Å². The molecule has 0 amide bonds. The minimum Gasteiger partial charge on any atom is -0.493 e. The fourth-order valence-corrected chi connectivity index (χ4v) is 1.33. The van der Waals surface area contributed by atoms with Crippen molar-refractivity contribution in [2.75, 3.05) is 27.5 Å².